The van der Waals surface area contributed by atoms with Gasteiger partial charge in [-0.2, -0.15) is 0 Å². The SMILES string of the molecule is COC(=O)[C@]1(C)CCC[C@]2(C)c3ccc(C(C)C)c(Cl)c3C(=O)NC[C@@H]12. The minimum atomic E-state index is -0.625. The van der Waals surface area contributed by atoms with Crippen molar-refractivity contribution in [3.05, 3.63) is 33.8 Å². The van der Waals surface area contributed by atoms with Crippen LogP contribution in [0.5, 0.6) is 0 Å². The number of nitrogens with one attached hydrogen (secondary N) is 1. The van der Waals surface area contributed by atoms with Gasteiger partial charge < -0.3 is 10.1 Å². The maximum Gasteiger partial charge on any atom is 0.311 e. The number of rotatable bonds is 2. The fourth-order valence-electron chi connectivity index (χ4n) is 5.14. The summed E-state index contributed by atoms with van der Waals surface area (Å²) in [6, 6.07) is 4.09. The lowest BCUT2D eigenvalue weighted by Crippen LogP contribution is -2.53. The van der Waals surface area contributed by atoms with E-state index in [9.17, 15) is 9.59 Å². The van der Waals surface area contributed by atoms with Crippen molar-refractivity contribution in [3.63, 3.8) is 0 Å². The Hall–Kier alpha value is -1.55. The second kappa shape index (κ2) is 6.56. The second-order valence-corrected chi connectivity index (χ2v) is 8.87. The first-order chi connectivity index (χ1) is 12.2. The molecule has 26 heavy (non-hydrogen) atoms. The van der Waals surface area contributed by atoms with Crippen molar-refractivity contribution in [2.24, 2.45) is 11.3 Å². The molecular formula is C21H28ClNO3. The van der Waals surface area contributed by atoms with E-state index in [1.165, 1.54) is 7.11 Å². The van der Waals surface area contributed by atoms with Crippen molar-refractivity contribution in [1.29, 1.82) is 0 Å². The highest BCUT2D eigenvalue weighted by molar-refractivity contribution is 6.35. The van der Waals surface area contributed by atoms with Crippen molar-refractivity contribution >= 4 is 23.5 Å². The molecule has 0 spiro atoms. The quantitative estimate of drug-likeness (QED) is 0.775. The summed E-state index contributed by atoms with van der Waals surface area (Å²) in [4.78, 5) is 25.6. The molecule has 0 bridgehead atoms. The molecule has 0 aromatic heterocycles. The molecule has 1 aliphatic heterocycles. The van der Waals surface area contributed by atoms with Crippen LogP contribution >= 0.6 is 11.6 Å². The van der Waals surface area contributed by atoms with Crippen LogP contribution in [0.1, 0.15) is 74.4 Å². The lowest BCUT2D eigenvalue weighted by atomic mass is 9.53. The predicted octanol–water partition coefficient (Wildman–Crippen LogP) is 4.44. The van der Waals surface area contributed by atoms with Gasteiger partial charge in [0.05, 0.1) is 23.1 Å². The number of hydrogen-bond donors (Lipinski definition) is 1. The third kappa shape index (κ3) is 2.65. The zero-order chi connectivity index (χ0) is 19.3. The lowest BCUT2D eigenvalue weighted by Gasteiger charge is -2.50. The molecule has 4 nitrogen and oxygen atoms in total. The molecule has 1 amide bonds. The van der Waals surface area contributed by atoms with E-state index < -0.39 is 5.41 Å². The van der Waals surface area contributed by atoms with E-state index in [4.69, 9.17) is 16.3 Å². The zero-order valence-corrected chi connectivity index (χ0v) is 17.0. The summed E-state index contributed by atoms with van der Waals surface area (Å²) in [5, 5.41) is 3.58. The summed E-state index contributed by atoms with van der Waals surface area (Å²) in [7, 11) is 1.44. The minimum Gasteiger partial charge on any atom is -0.469 e. The molecule has 1 aliphatic carbocycles. The number of carbonyl (C=O) groups is 2. The number of fused-ring (bicyclic) bond motifs is 3. The Bertz CT molecular complexity index is 760. The summed E-state index contributed by atoms with van der Waals surface area (Å²) in [5.41, 5.74) is 1.59. The topological polar surface area (TPSA) is 55.4 Å². The highest BCUT2D eigenvalue weighted by Gasteiger charge is 2.56. The van der Waals surface area contributed by atoms with Crippen LogP contribution in [0.15, 0.2) is 12.1 Å². The molecule has 1 aromatic carbocycles. The van der Waals surface area contributed by atoms with E-state index in [1.54, 1.807) is 0 Å². The molecule has 1 fully saturated rings. The molecule has 1 saturated carbocycles. The molecule has 1 heterocycles. The molecule has 0 unspecified atom stereocenters. The monoisotopic (exact) mass is 377 g/mol. The summed E-state index contributed by atoms with van der Waals surface area (Å²) in [6.07, 6.45) is 2.60. The molecule has 0 saturated heterocycles. The van der Waals surface area contributed by atoms with Gasteiger partial charge in [0.1, 0.15) is 0 Å². The molecule has 3 atom stereocenters. The van der Waals surface area contributed by atoms with Gasteiger partial charge in [-0.3, -0.25) is 9.59 Å². The number of esters is 1. The van der Waals surface area contributed by atoms with E-state index in [2.05, 4.69) is 32.2 Å². The summed E-state index contributed by atoms with van der Waals surface area (Å²) >= 11 is 6.69. The highest BCUT2D eigenvalue weighted by Crippen LogP contribution is 2.55. The van der Waals surface area contributed by atoms with Crippen LogP contribution in [0.4, 0.5) is 0 Å². The molecule has 3 rings (SSSR count). The fraction of sp³-hybridized carbons (Fsp3) is 0.619. The Morgan fingerprint density at radius 1 is 1.31 bits per heavy atom. The van der Waals surface area contributed by atoms with Crippen molar-refractivity contribution in [2.45, 2.75) is 58.3 Å². The van der Waals surface area contributed by atoms with E-state index in [0.717, 1.165) is 30.4 Å². The van der Waals surface area contributed by atoms with Gasteiger partial charge >= 0.3 is 5.97 Å². The summed E-state index contributed by atoms with van der Waals surface area (Å²) in [6.45, 7) is 8.73. The van der Waals surface area contributed by atoms with E-state index in [-0.39, 0.29) is 29.1 Å². The third-order valence-electron chi connectivity index (χ3n) is 6.69. The smallest absolute Gasteiger partial charge is 0.311 e. The number of ether oxygens (including phenoxy) is 1. The van der Waals surface area contributed by atoms with Gasteiger partial charge in [-0.05, 0) is 42.2 Å². The van der Waals surface area contributed by atoms with Crippen molar-refractivity contribution in [3.8, 4) is 0 Å². The van der Waals surface area contributed by atoms with E-state index in [1.807, 2.05) is 13.0 Å². The second-order valence-electron chi connectivity index (χ2n) is 8.49. The standard InChI is InChI=1S/C21H28ClNO3/c1-12(2)13-7-8-14-16(17(13)22)18(24)23-11-15-20(14,3)9-6-10-21(15,4)19(25)26-5/h7-8,12,15H,6,9-11H2,1-5H3,(H,23,24)/t15-,20-,21-/m1/s1. The molecule has 0 radical (unpaired) electrons. The van der Waals surface area contributed by atoms with Crippen molar-refractivity contribution in [1.82, 2.24) is 5.32 Å². The first-order valence-corrected chi connectivity index (χ1v) is 9.74. The van der Waals surface area contributed by atoms with Gasteiger partial charge in [0.15, 0.2) is 0 Å². The molecule has 1 aromatic rings. The number of carbonyl (C=O) groups excluding carboxylic acids is 2. The predicted molar refractivity (Wildman–Crippen MR) is 103 cm³/mol. The van der Waals surface area contributed by atoms with Crippen LogP contribution < -0.4 is 5.32 Å². The van der Waals surface area contributed by atoms with Gasteiger partial charge in [-0.1, -0.05) is 50.9 Å². The van der Waals surface area contributed by atoms with Gasteiger partial charge in [0, 0.05) is 12.5 Å². The van der Waals surface area contributed by atoms with Crippen molar-refractivity contribution in [2.75, 3.05) is 13.7 Å². The fourth-order valence-corrected chi connectivity index (χ4v) is 5.61. The first kappa shape index (κ1) is 19.2. The maximum absolute atomic E-state index is 12.9. The van der Waals surface area contributed by atoms with E-state index in [0.29, 0.717) is 17.1 Å². The van der Waals surface area contributed by atoms with Gasteiger partial charge in [0.2, 0.25) is 0 Å². The van der Waals surface area contributed by atoms with Crippen LogP contribution in [0.3, 0.4) is 0 Å². The van der Waals surface area contributed by atoms with Crippen LogP contribution in [0, 0.1) is 11.3 Å². The van der Waals surface area contributed by atoms with Gasteiger partial charge in [-0.25, -0.2) is 0 Å². The van der Waals surface area contributed by atoms with Crippen LogP contribution in [-0.2, 0) is 14.9 Å². The summed E-state index contributed by atoms with van der Waals surface area (Å²) < 4.78 is 5.14. The van der Waals surface area contributed by atoms with E-state index >= 15 is 0 Å². The number of benzene rings is 1. The normalized spacial score (nSPS) is 30.9. The number of amides is 1. The Labute approximate surface area is 160 Å². The highest BCUT2D eigenvalue weighted by atomic mass is 35.5. The largest absolute Gasteiger partial charge is 0.469 e. The zero-order valence-electron chi connectivity index (χ0n) is 16.2. The average molecular weight is 378 g/mol. The number of methoxy groups -OCH3 is 1. The summed E-state index contributed by atoms with van der Waals surface area (Å²) in [5.74, 6) is -0.145. The maximum atomic E-state index is 12.9. The van der Waals surface area contributed by atoms with Crippen LogP contribution in [-0.4, -0.2) is 25.5 Å². The molecule has 1 N–H and O–H groups in total. The molecule has 2 aliphatic rings. The minimum absolute atomic E-state index is 0.0395. The first-order valence-electron chi connectivity index (χ1n) is 9.36. The van der Waals surface area contributed by atoms with Gasteiger partial charge in [-0.15, -0.1) is 0 Å². The van der Waals surface area contributed by atoms with Gasteiger partial charge in [0.25, 0.3) is 5.91 Å². The Morgan fingerprint density at radius 3 is 2.62 bits per heavy atom. The lowest BCUT2D eigenvalue weighted by molar-refractivity contribution is -0.160. The Kier molecular flexibility index (Phi) is 4.85. The Morgan fingerprint density at radius 2 is 2.00 bits per heavy atom. The van der Waals surface area contributed by atoms with Crippen LogP contribution in [0.25, 0.3) is 0 Å². The van der Waals surface area contributed by atoms with Crippen molar-refractivity contribution < 1.29 is 14.3 Å². The number of halogens is 1. The molecule has 5 heteroatoms. The molecule has 142 valence electrons. The third-order valence-corrected chi connectivity index (χ3v) is 7.09. The molecular weight excluding hydrogens is 350 g/mol. The Balaban J connectivity index is 2.22. The number of hydrogen-bond acceptors (Lipinski definition) is 3. The van der Waals surface area contributed by atoms with Crippen LogP contribution in [0.2, 0.25) is 5.02 Å². The average Bonchev–Trinajstić information content (AvgIpc) is 2.70.